The zero-order chi connectivity index (χ0) is 27.6. The Kier molecular flexibility index (Phi) is 7.54. The van der Waals surface area contributed by atoms with Gasteiger partial charge < -0.3 is 4.90 Å². The SMILES string of the molecule is CC(c1ccccc1)N1C(=O)/C(=C/c2c(N3CCC(Cc4ccccc4)CC3)nc3ccccn3c2=O)SC1=S. The highest BCUT2D eigenvalue weighted by Gasteiger charge is 2.36. The van der Waals surface area contributed by atoms with E-state index >= 15 is 0 Å². The van der Waals surface area contributed by atoms with Crippen LogP contribution >= 0.6 is 24.0 Å². The number of piperidine rings is 1. The molecule has 2 aliphatic heterocycles. The maximum absolute atomic E-state index is 13.8. The highest BCUT2D eigenvalue weighted by atomic mass is 32.2. The van der Waals surface area contributed by atoms with E-state index in [-0.39, 0.29) is 17.5 Å². The number of aromatic nitrogens is 2. The van der Waals surface area contributed by atoms with Gasteiger partial charge in [-0.2, -0.15) is 0 Å². The number of benzene rings is 2. The molecule has 8 heteroatoms. The minimum atomic E-state index is -0.210. The number of hydrogen-bond acceptors (Lipinski definition) is 6. The molecule has 1 amide bonds. The van der Waals surface area contributed by atoms with Crippen molar-refractivity contribution in [2.75, 3.05) is 18.0 Å². The number of hydrogen-bond donors (Lipinski definition) is 0. The summed E-state index contributed by atoms with van der Waals surface area (Å²) in [6.07, 6.45) is 6.51. The van der Waals surface area contributed by atoms with Crippen LogP contribution < -0.4 is 10.5 Å². The van der Waals surface area contributed by atoms with Crippen molar-refractivity contribution < 1.29 is 4.79 Å². The number of fused-ring (bicyclic) bond motifs is 1. The topological polar surface area (TPSA) is 57.9 Å². The van der Waals surface area contributed by atoms with E-state index in [2.05, 4.69) is 29.2 Å². The van der Waals surface area contributed by atoms with Crippen molar-refractivity contribution in [2.24, 2.45) is 5.92 Å². The molecule has 6 rings (SSSR count). The second kappa shape index (κ2) is 11.4. The van der Waals surface area contributed by atoms with Gasteiger partial charge in [-0.15, -0.1) is 0 Å². The molecular formula is C32H30N4O2S2. The van der Waals surface area contributed by atoms with E-state index in [0.29, 0.717) is 32.2 Å². The lowest BCUT2D eigenvalue weighted by molar-refractivity contribution is -0.123. The molecule has 2 aliphatic rings. The molecule has 0 N–H and O–H groups in total. The molecule has 2 fully saturated rings. The van der Waals surface area contributed by atoms with Crippen LogP contribution in [0.4, 0.5) is 5.82 Å². The van der Waals surface area contributed by atoms with Crippen LogP contribution in [-0.2, 0) is 11.2 Å². The van der Waals surface area contributed by atoms with Gasteiger partial charge in [0, 0.05) is 19.3 Å². The van der Waals surface area contributed by atoms with Crippen molar-refractivity contribution in [1.82, 2.24) is 14.3 Å². The van der Waals surface area contributed by atoms with E-state index in [1.165, 1.54) is 17.3 Å². The first-order valence-corrected chi connectivity index (χ1v) is 14.8. The first kappa shape index (κ1) is 26.5. The fourth-order valence-corrected chi connectivity index (χ4v) is 6.98. The monoisotopic (exact) mass is 566 g/mol. The molecule has 0 saturated carbocycles. The number of carbonyl (C=O) groups excluding carboxylic acids is 1. The number of thiocarbonyl (C=S) groups is 1. The highest BCUT2D eigenvalue weighted by molar-refractivity contribution is 8.26. The molecule has 202 valence electrons. The van der Waals surface area contributed by atoms with Crippen molar-refractivity contribution in [1.29, 1.82) is 0 Å². The Morgan fingerprint density at radius 1 is 0.975 bits per heavy atom. The fourth-order valence-electron chi connectivity index (χ4n) is 5.58. The van der Waals surface area contributed by atoms with Gasteiger partial charge in [-0.3, -0.25) is 18.9 Å². The molecule has 2 aromatic heterocycles. The largest absolute Gasteiger partial charge is 0.356 e. The van der Waals surface area contributed by atoms with E-state index in [1.807, 2.05) is 61.5 Å². The molecule has 0 radical (unpaired) electrons. The van der Waals surface area contributed by atoms with Gasteiger partial charge in [-0.25, -0.2) is 4.98 Å². The van der Waals surface area contributed by atoms with Gasteiger partial charge in [-0.1, -0.05) is 90.7 Å². The minimum absolute atomic E-state index is 0.184. The van der Waals surface area contributed by atoms with Crippen molar-refractivity contribution in [3.8, 4) is 0 Å². The van der Waals surface area contributed by atoms with E-state index < -0.39 is 0 Å². The lowest BCUT2D eigenvalue weighted by Crippen LogP contribution is -2.37. The van der Waals surface area contributed by atoms with Crippen LogP contribution in [0.25, 0.3) is 11.7 Å². The van der Waals surface area contributed by atoms with Crippen LogP contribution in [-0.4, -0.2) is 37.6 Å². The Morgan fingerprint density at radius 3 is 2.38 bits per heavy atom. The van der Waals surface area contributed by atoms with Crippen LogP contribution in [0.5, 0.6) is 0 Å². The number of nitrogens with zero attached hydrogens (tertiary/aromatic N) is 4. The number of anilines is 1. The maximum Gasteiger partial charge on any atom is 0.267 e. The third-order valence-electron chi connectivity index (χ3n) is 7.80. The summed E-state index contributed by atoms with van der Waals surface area (Å²) in [5.41, 5.74) is 3.20. The van der Waals surface area contributed by atoms with E-state index in [0.717, 1.165) is 37.9 Å². The summed E-state index contributed by atoms with van der Waals surface area (Å²) in [6.45, 7) is 3.58. The van der Waals surface area contributed by atoms with Gasteiger partial charge in [-0.05, 0) is 61.4 Å². The number of carbonyl (C=O) groups is 1. The van der Waals surface area contributed by atoms with Crippen molar-refractivity contribution in [2.45, 2.75) is 32.2 Å². The summed E-state index contributed by atoms with van der Waals surface area (Å²) < 4.78 is 2.04. The minimum Gasteiger partial charge on any atom is -0.356 e. The van der Waals surface area contributed by atoms with E-state index in [4.69, 9.17) is 17.2 Å². The number of thioether (sulfide) groups is 1. The summed E-state index contributed by atoms with van der Waals surface area (Å²) in [5.74, 6) is 1.03. The van der Waals surface area contributed by atoms with Gasteiger partial charge in [0.1, 0.15) is 15.8 Å². The summed E-state index contributed by atoms with van der Waals surface area (Å²) in [4.78, 5) is 36.6. The Morgan fingerprint density at radius 2 is 1.65 bits per heavy atom. The average Bonchev–Trinajstić information content (AvgIpc) is 3.27. The third kappa shape index (κ3) is 5.21. The number of rotatable bonds is 6. The molecule has 1 atom stereocenters. The van der Waals surface area contributed by atoms with Crippen molar-refractivity contribution >= 4 is 51.7 Å². The van der Waals surface area contributed by atoms with E-state index in [1.54, 1.807) is 21.6 Å². The first-order valence-electron chi connectivity index (χ1n) is 13.6. The average molecular weight is 567 g/mol. The van der Waals surface area contributed by atoms with Gasteiger partial charge in [0.05, 0.1) is 16.5 Å². The molecule has 1 unspecified atom stereocenters. The summed E-state index contributed by atoms with van der Waals surface area (Å²) in [6, 6.07) is 25.8. The first-order chi connectivity index (χ1) is 19.5. The highest BCUT2D eigenvalue weighted by Crippen LogP contribution is 2.38. The Balaban J connectivity index is 1.32. The van der Waals surface area contributed by atoms with Crippen molar-refractivity contribution in [3.05, 3.63) is 117 Å². The summed E-state index contributed by atoms with van der Waals surface area (Å²) in [5, 5.41) is 0. The molecule has 0 aliphatic carbocycles. The van der Waals surface area contributed by atoms with Gasteiger partial charge in [0.25, 0.3) is 11.5 Å². The van der Waals surface area contributed by atoms with Crippen LogP contribution in [0.1, 0.15) is 42.5 Å². The zero-order valence-electron chi connectivity index (χ0n) is 22.3. The van der Waals surface area contributed by atoms with E-state index in [9.17, 15) is 9.59 Å². The zero-order valence-corrected chi connectivity index (χ0v) is 23.9. The van der Waals surface area contributed by atoms with Crippen LogP contribution in [0.2, 0.25) is 0 Å². The third-order valence-corrected chi connectivity index (χ3v) is 9.13. The van der Waals surface area contributed by atoms with Crippen LogP contribution in [0.15, 0.2) is 94.8 Å². The van der Waals surface area contributed by atoms with Crippen molar-refractivity contribution in [3.63, 3.8) is 0 Å². The number of pyridine rings is 1. The summed E-state index contributed by atoms with van der Waals surface area (Å²) >= 11 is 6.88. The molecule has 40 heavy (non-hydrogen) atoms. The standard InChI is InChI=1S/C32H30N4O2S2/c1-22(25-12-6-3-7-13-25)36-31(38)27(40-32(36)39)21-26-29(33-28-14-8-9-17-35(28)30(26)37)34-18-15-24(16-19-34)20-23-10-4-2-5-11-23/h2-14,17,21-22,24H,15-16,18-20H2,1H3/b27-21-. The second-order valence-electron chi connectivity index (χ2n) is 10.3. The quantitative estimate of drug-likeness (QED) is 0.207. The van der Waals surface area contributed by atoms with Gasteiger partial charge in [0.2, 0.25) is 0 Å². The predicted octanol–water partition coefficient (Wildman–Crippen LogP) is 6.12. The molecule has 2 aromatic carbocycles. The fraction of sp³-hybridized carbons (Fsp3) is 0.250. The van der Waals surface area contributed by atoms with Gasteiger partial charge in [0.15, 0.2) is 0 Å². The van der Waals surface area contributed by atoms with Crippen LogP contribution in [0, 0.1) is 5.92 Å². The Hall–Kier alpha value is -3.75. The van der Waals surface area contributed by atoms with Gasteiger partial charge >= 0.3 is 0 Å². The lowest BCUT2D eigenvalue weighted by atomic mass is 9.90. The molecule has 2 saturated heterocycles. The predicted molar refractivity (Wildman–Crippen MR) is 166 cm³/mol. The van der Waals surface area contributed by atoms with Crippen LogP contribution in [0.3, 0.4) is 0 Å². The molecular weight excluding hydrogens is 537 g/mol. The molecule has 4 heterocycles. The molecule has 0 bridgehead atoms. The molecule has 6 nitrogen and oxygen atoms in total. The maximum atomic E-state index is 13.8. The Labute approximate surface area is 243 Å². The lowest BCUT2D eigenvalue weighted by Gasteiger charge is -2.33. The Bertz CT molecular complexity index is 1640. The second-order valence-corrected chi connectivity index (χ2v) is 12.0. The number of amides is 1. The smallest absolute Gasteiger partial charge is 0.267 e. The molecule has 4 aromatic rings. The normalized spacial score (nSPS) is 18.2. The molecule has 0 spiro atoms. The summed E-state index contributed by atoms with van der Waals surface area (Å²) in [7, 11) is 0.